The predicted octanol–water partition coefficient (Wildman–Crippen LogP) is 3.53. The maximum atomic E-state index is 11.7. The van der Waals surface area contributed by atoms with Gasteiger partial charge in [0.25, 0.3) is 6.47 Å². The fourth-order valence-electron chi connectivity index (χ4n) is 9.63. The van der Waals surface area contributed by atoms with Gasteiger partial charge in [-0.25, -0.2) is 4.79 Å². The van der Waals surface area contributed by atoms with E-state index in [-0.39, 0.29) is 23.1 Å². The van der Waals surface area contributed by atoms with E-state index in [1.165, 1.54) is 19.3 Å². The van der Waals surface area contributed by atoms with Crippen molar-refractivity contribution in [3.8, 4) is 0 Å². The van der Waals surface area contributed by atoms with Crippen molar-refractivity contribution < 1.29 is 28.5 Å². The van der Waals surface area contributed by atoms with Gasteiger partial charge in [0.1, 0.15) is 11.7 Å². The van der Waals surface area contributed by atoms with Gasteiger partial charge in [-0.1, -0.05) is 13.8 Å². The molecule has 3 heterocycles. The maximum Gasteiger partial charge on any atom is 0.332 e. The monoisotopic (exact) mass is 428 g/mol. The maximum absolute atomic E-state index is 11.7. The van der Waals surface area contributed by atoms with Crippen molar-refractivity contribution in [2.75, 3.05) is 0 Å². The molecule has 0 bridgehead atoms. The van der Waals surface area contributed by atoms with Crippen LogP contribution in [0.4, 0.5) is 0 Å². The van der Waals surface area contributed by atoms with Gasteiger partial charge in [0.05, 0.1) is 6.10 Å². The van der Waals surface area contributed by atoms with Crippen LogP contribution in [0.5, 0.6) is 0 Å². The minimum atomic E-state index is -0.426. The topological polar surface area (TPSA) is 77.7 Å². The zero-order valence-electron chi connectivity index (χ0n) is 18.4. The molecule has 4 saturated carbocycles. The number of carbonyl (C=O) groups excluding carboxylic acids is 2. The van der Waals surface area contributed by atoms with Gasteiger partial charge < -0.3 is 18.9 Å². The molecular weight excluding hydrogens is 396 g/mol. The summed E-state index contributed by atoms with van der Waals surface area (Å²) in [6.07, 6.45) is 12.5. The van der Waals surface area contributed by atoms with Crippen LogP contribution in [0, 0.1) is 34.5 Å². The Morgan fingerprint density at radius 2 is 1.94 bits per heavy atom. The summed E-state index contributed by atoms with van der Waals surface area (Å²) in [5.74, 6) is 1.96. The van der Waals surface area contributed by atoms with Gasteiger partial charge in [0, 0.05) is 17.4 Å². The van der Waals surface area contributed by atoms with Crippen molar-refractivity contribution in [2.24, 2.45) is 34.5 Å². The first-order chi connectivity index (χ1) is 14.9. The standard InChI is InChI=1S/C25H32O6/c1-22-8-5-15(28-13-26)11-14(22)3-4-17-16(22)6-9-23(2)18(12-19-25(17,23)30-19)24-10-7-20(27)29-21(24)31-24/h7,10,13-19,21H,3-6,8-9,11-12H2,1-2H3/t14-,15+,16+,17-,18+,19-,21-,22+,23-,24+,25-/m1/s1. The molecule has 7 aliphatic rings. The molecule has 7 rings (SSSR count). The first-order valence-corrected chi connectivity index (χ1v) is 12.2. The van der Waals surface area contributed by atoms with Crippen LogP contribution in [-0.2, 0) is 28.5 Å². The van der Waals surface area contributed by atoms with Crippen molar-refractivity contribution in [3.63, 3.8) is 0 Å². The molecule has 0 aromatic rings. The summed E-state index contributed by atoms with van der Waals surface area (Å²) in [6.45, 7) is 5.58. The average Bonchev–Trinajstić information content (AvgIpc) is 3.63. The highest BCUT2D eigenvalue weighted by Crippen LogP contribution is 2.79. The van der Waals surface area contributed by atoms with Crippen molar-refractivity contribution in [3.05, 3.63) is 12.2 Å². The van der Waals surface area contributed by atoms with E-state index in [1.807, 2.05) is 6.08 Å². The lowest BCUT2D eigenvalue weighted by atomic mass is 9.43. The number of ether oxygens (including phenoxy) is 4. The molecule has 0 aromatic carbocycles. The number of rotatable bonds is 3. The van der Waals surface area contributed by atoms with Crippen LogP contribution in [-0.4, -0.2) is 42.1 Å². The molecule has 11 atom stereocenters. The summed E-state index contributed by atoms with van der Waals surface area (Å²) in [4.78, 5) is 22.5. The van der Waals surface area contributed by atoms with Gasteiger partial charge >= 0.3 is 5.97 Å². The Balaban J connectivity index is 1.19. The molecule has 6 fully saturated rings. The van der Waals surface area contributed by atoms with Crippen LogP contribution in [0.25, 0.3) is 0 Å². The molecule has 6 heteroatoms. The largest absolute Gasteiger partial charge is 0.465 e. The molecule has 168 valence electrons. The number of hydrogen-bond donors (Lipinski definition) is 0. The zero-order chi connectivity index (χ0) is 21.2. The number of epoxide rings is 2. The lowest BCUT2D eigenvalue weighted by Gasteiger charge is -2.61. The smallest absolute Gasteiger partial charge is 0.332 e. The minimum absolute atomic E-state index is 0.0365. The lowest BCUT2D eigenvalue weighted by molar-refractivity contribution is -0.160. The third kappa shape index (κ3) is 2.12. The molecular formula is C25H32O6. The highest BCUT2D eigenvalue weighted by atomic mass is 16.8. The summed E-state index contributed by atoms with van der Waals surface area (Å²) in [7, 11) is 0. The van der Waals surface area contributed by atoms with Gasteiger partial charge in [0.15, 0.2) is 5.60 Å². The Morgan fingerprint density at radius 3 is 2.74 bits per heavy atom. The van der Waals surface area contributed by atoms with Crippen LogP contribution in [0.3, 0.4) is 0 Å². The van der Waals surface area contributed by atoms with Crippen molar-refractivity contribution in [1.82, 2.24) is 0 Å². The molecule has 1 spiro atoms. The lowest BCUT2D eigenvalue weighted by Crippen LogP contribution is -2.59. The number of esters is 1. The summed E-state index contributed by atoms with van der Waals surface area (Å²) in [6, 6.07) is 0. The Bertz CT molecular complexity index is 885. The van der Waals surface area contributed by atoms with E-state index in [4.69, 9.17) is 18.9 Å². The zero-order valence-corrected chi connectivity index (χ0v) is 18.4. The first-order valence-electron chi connectivity index (χ1n) is 12.2. The summed E-state index contributed by atoms with van der Waals surface area (Å²) < 4.78 is 23.5. The SMILES string of the molecule is C[C@]12CC[C@H](OC=O)C[C@H]1CC[C@@H]1[C@@H]2CC[C@]2(C)[C@@H]([C@@]34C=CC(=O)O[C@@H]3O4)C[C@H]3O[C@]132. The molecule has 0 amide bonds. The quantitative estimate of drug-likeness (QED) is 0.389. The van der Waals surface area contributed by atoms with Gasteiger partial charge in [0.2, 0.25) is 6.29 Å². The number of fused-ring (bicyclic) bond motifs is 4. The van der Waals surface area contributed by atoms with E-state index in [2.05, 4.69) is 13.8 Å². The summed E-state index contributed by atoms with van der Waals surface area (Å²) in [5.41, 5.74) is -0.0912. The van der Waals surface area contributed by atoms with Crippen LogP contribution in [0.1, 0.15) is 65.2 Å². The van der Waals surface area contributed by atoms with Crippen LogP contribution in [0.2, 0.25) is 0 Å². The van der Waals surface area contributed by atoms with E-state index < -0.39 is 11.9 Å². The molecule has 31 heavy (non-hydrogen) atoms. The fraction of sp³-hybridized carbons (Fsp3) is 0.840. The summed E-state index contributed by atoms with van der Waals surface area (Å²) in [5, 5.41) is 0. The molecule has 3 aliphatic heterocycles. The summed E-state index contributed by atoms with van der Waals surface area (Å²) >= 11 is 0. The van der Waals surface area contributed by atoms with Crippen molar-refractivity contribution >= 4 is 12.4 Å². The predicted molar refractivity (Wildman–Crippen MR) is 108 cm³/mol. The Kier molecular flexibility index (Phi) is 3.54. The van der Waals surface area contributed by atoms with Gasteiger partial charge in [-0.05, 0) is 80.6 Å². The molecule has 0 N–H and O–H groups in total. The van der Waals surface area contributed by atoms with Crippen LogP contribution < -0.4 is 0 Å². The van der Waals surface area contributed by atoms with E-state index in [0.29, 0.717) is 41.7 Å². The molecule has 6 nitrogen and oxygen atoms in total. The molecule has 4 aliphatic carbocycles. The molecule has 0 radical (unpaired) electrons. The third-order valence-corrected chi connectivity index (χ3v) is 11.2. The Labute approximate surface area is 183 Å². The first kappa shape index (κ1) is 19.1. The Morgan fingerprint density at radius 1 is 1.06 bits per heavy atom. The van der Waals surface area contributed by atoms with Crippen LogP contribution in [0.15, 0.2) is 12.2 Å². The van der Waals surface area contributed by atoms with Gasteiger partial charge in [-0.2, -0.15) is 0 Å². The van der Waals surface area contributed by atoms with E-state index in [1.54, 1.807) is 6.08 Å². The molecule has 0 aromatic heterocycles. The number of carbonyl (C=O) groups is 2. The second kappa shape index (κ2) is 5.74. The molecule has 2 saturated heterocycles. The molecule has 0 unspecified atom stereocenters. The fourth-order valence-corrected chi connectivity index (χ4v) is 9.63. The van der Waals surface area contributed by atoms with E-state index in [0.717, 1.165) is 32.1 Å². The number of hydrogen-bond acceptors (Lipinski definition) is 6. The minimum Gasteiger partial charge on any atom is -0.465 e. The second-order valence-corrected chi connectivity index (χ2v) is 11.8. The third-order valence-electron chi connectivity index (χ3n) is 11.2. The van der Waals surface area contributed by atoms with Gasteiger partial charge in [-0.15, -0.1) is 0 Å². The van der Waals surface area contributed by atoms with E-state index >= 15 is 0 Å². The highest BCUT2D eigenvalue weighted by Gasteiger charge is 2.85. The average molecular weight is 429 g/mol. The second-order valence-electron chi connectivity index (χ2n) is 11.8. The van der Waals surface area contributed by atoms with E-state index in [9.17, 15) is 9.59 Å². The normalized spacial score (nSPS) is 60.5. The van der Waals surface area contributed by atoms with Crippen molar-refractivity contribution in [1.29, 1.82) is 0 Å². The highest BCUT2D eigenvalue weighted by molar-refractivity contribution is 5.84. The van der Waals surface area contributed by atoms with Gasteiger partial charge in [-0.3, -0.25) is 4.79 Å². The van der Waals surface area contributed by atoms with Crippen LogP contribution >= 0.6 is 0 Å². The van der Waals surface area contributed by atoms with Crippen molar-refractivity contribution in [2.45, 2.75) is 94.9 Å². The Hall–Kier alpha value is -1.40.